The topological polar surface area (TPSA) is 75.7 Å². The highest BCUT2D eigenvalue weighted by molar-refractivity contribution is 6.34. The summed E-state index contributed by atoms with van der Waals surface area (Å²) in [6, 6.07) is 4.12. The number of halogens is 1. The molecule has 1 saturated carbocycles. The fourth-order valence-electron chi connectivity index (χ4n) is 2.44. The summed E-state index contributed by atoms with van der Waals surface area (Å²) in [7, 11) is 1.40. The van der Waals surface area contributed by atoms with Gasteiger partial charge in [-0.3, -0.25) is 19.3 Å². The molecule has 0 aromatic heterocycles. The van der Waals surface area contributed by atoms with E-state index in [1.54, 1.807) is 18.2 Å². The third kappa shape index (κ3) is 3.32. The molecule has 7 heteroatoms. The van der Waals surface area contributed by atoms with Gasteiger partial charge in [0.1, 0.15) is 11.8 Å². The second kappa shape index (κ2) is 6.20. The Hall–Kier alpha value is -2.08. The molecule has 0 spiro atoms. The van der Waals surface area contributed by atoms with Crippen LogP contribution < -0.4 is 10.1 Å². The number of hydrogen-bond acceptors (Lipinski definition) is 4. The lowest BCUT2D eigenvalue weighted by atomic mass is 10.1. The van der Waals surface area contributed by atoms with Crippen molar-refractivity contribution in [2.75, 3.05) is 13.7 Å². The lowest BCUT2D eigenvalue weighted by Crippen LogP contribution is -2.40. The van der Waals surface area contributed by atoms with E-state index >= 15 is 0 Å². The maximum absolute atomic E-state index is 12.5. The molecule has 0 bridgehead atoms. The smallest absolute Gasteiger partial charge is 0.257 e. The van der Waals surface area contributed by atoms with E-state index < -0.39 is 17.9 Å². The molecule has 3 rings (SSSR count). The van der Waals surface area contributed by atoms with Gasteiger partial charge in [0.2, 0.25) is 5.91 Å². The summed E-state index contributed by atoms with van der Waals surface area (Å²) in [6.45, 7) is 0.546. The minimum atomic E-state index is -0.854. The van der Waals surface area contributed by atoms with E-state index in [2.05, 4.69) is 5.32 Å². The summed E-state index contributed by atoms with van der Waals surface area (Å²) in [5.74, 6) is -0.317. The highest BCUT2D eigenvalue weighted by Gasteiger charge is 2.37. The maximum Gasteiger partial charge on any atom is 0.257 e. The number of carbonyl (C=O) groups excluding carboxylic acids is 3. The molecule has 1 N–H and O–H groups in total. The Kier molecular flexibility index (Phi) is 4.26. The highest BCUT2D eigenvalue weighted by atomic mass is 35.5. The molecule has 1 heterocycles. The normalized spacial score (nSPS) is 20.8. The van der Waals surface area contributed by atoms with Crippen molar-refractivity contribution in [3.8, 4) is 5.75 Å². The van der Waals surface area contributed by atoms with Crippen LogP contribution in [0.4, 0.5) is 0 Å². The van der Waals surface area contributed by atoms with Crippen molar-refractivity contribution < 1.29 is 19.1 Å². The van der Waals surface area contributed by atoms with Crippen LogP contribution in [0.1, 0.15) is 29.6 Å². The molecule has 23 heavy (non-hydrogen) atoms. The molecule has 1 aromatic carbocycles. The van der Waals surface area contributed by atoms with Crippen LogP contribution >= 0.6 is 11.6 Å². The number of likely N-dealkylation sites (tertiary alicyclic amines) is 1. The Bertz CT molecular complexity index is 672. The van der Waals surface area contributed by atoms with Crippen molar-refractivity contribution in [2.24, 2.45) is 5.92 Å². The van der Waals surface area contributed by atoms with Crippen molar-refractivity contribution >= 4 is 29.3 Å². The molecular formula is C16H17ClN2O4. The number of imide groups is 1. The summed E-state index contributed by atoms with van der Waals surface area (Å²) < 4.78 is 5.69. The van der Waals surface area contributed by atoms with Gasteiger partial charge in [0.05, 0.1) is 23.6 Å². The van der Waals surface area contributed by atoms with E-state index in [4.69, 9.17) is 16.3 Å². The van der Waals surface area contributed by atoms with Gasteiger partial charge in [-0.2, -0.15) is 0 Å². The molecule has 2 aliphatic rings. The number of benzene rings is 1. The van der Waals surface area contributed by atoms with Crippen LogP contribution in [0.2, 0.25) is 5.02 Å². The van der Waals surface area contributed by atoms with Crippen LogP contribution in [-0.4, -0.2) is 42.3 Å². The van der Waals surface area contributed by atoms with E-state index in [0.29, 0.717) is 18.3 Å². The molecule has 1 aliphatic heterocycles. The van der Waals surface area contributed by atoms with Crippen molar-refractivity contribution in [3.05, 3.63) is 28.8 Å². The predicted molar refractivity (Wildman–Crippen MR) is 83.3 cm³/mol. The summed E-state index contributed by atoms with van der Waals surface area (Å²) in [6.07, 6.45) is 2.23. The number of nitrogens with zero attached hydrogens (tertiary/aromatic N) is 1. The largest absolute Gasteiger partial charge is 0.492 e. The lowest BCUT2D eigenvalue weighted by Gasteiger charge is -2.15. The van der Waals surface area contributed by atoms with Gasteiger partial charge in [-0.05, 0) is 30.9 Å². The zero-order chi connectivity index (χ0) is 16.6. The molecule has 6 nitrogen and oxygen atoms in total. The van der Waals surface area contributed by atoms with E-state index in [1.165, 1.54) is 7.05 Å². The number of hydrogen-bond donors (Lipinski definition) is 1. The van der Waals surface area contributed by atoms with Gasteiger partial charge in [-0.15, -0.1) is 0 Å². The van der Waals surface area contributed by atoms with Gasteiger partial charge in [0, 0.05) is 7.05 Å². The first kappa shape index (κ1) is 15.8. The number of likely N-dealkylation sites (N-methyl/N-ethyl adjacent to an activating group) is 1. The van der Waals surface area contributed by atoms with Crippen molar-refractivity contribution in [1.82, 2.24) is 10.2 Å². The first-order chi connectivity index (χ1) is 11.0. The van der Waals surface area contributed by atoms with Gasteiger partial charge in [0.15, 0.2) is 0 Å². The zero-order valence-corrected chi connectivity index (χ0v) is 13.4. The van der Waals surface area contributed by atoms with Gasteiger partial charge < -0.3 is 10.1 Å². The second-order valence-corrected chi connectivity index (χ2v) is 6.30. The predicted octanol–water partition coefficient (Wildman–Crippen LogP) is 1.62. The lowest BCUT2D eigenvalue weighted by molar-refractivity contribution is -0.137. The first-order valence-electron chi connectivity index (χ1n) is 7.50. The molecule has 122 valence electrons. The third-order valence-corrected chi connectivity index (χ3v) is 4.38. The minimum absolute atomic E-state index is 0.0379. The minimum Gasteiger partial charge on any atom is -0.492 e. The molecule has 2 fully saturated rings. The van der Waals surface area contributed by atoms with Gasteiger partial charge >= 0.3 is 0 Å². The van der Waals surface area contributed by atoms with Crippen LogP contribution in [0.15, 0.2) is 18.2 Å². The van der Waals surface area contributed by atoms with Gasteiger partial charge in [-0.1, -0.05) is 17.7 Å². The van der Waals surface area contributed by atoms with Crippen LogP contribution in [0.3, 0.4) is 0 Å². The van der Waals surface area contributed by atoms with E-state index in [9.17, 15) is 14.4 Å². The Morgan fingerprint density at radius 1 is 1.39 bits per heavy atom. The summed E-state index contributed by atoms with van der Waals surface area (Å²) >= 11 is 6.13. The standard InChI is InChI=1S/C16H17ClN2O4/c1-19-13(20)7-11(16(19)22)18-15(21)14-10(17)3-2-4-12(14)23-8-9-5-6-9/h2-4,9,11H,5-8H2,1H3,(H,18,21). The van der Waals surface area contributed by atoms with E-state index in [-0.39, 0.29) is 22.9 Å². The molecule has 1 unspecified atom stereocenters. The van der Waals surface area contributed by atoms with Gasteiger partial charge in [0.25, 0.3) is 11.8 Å². The second-order valence-electron chi connectivity index (χ2n) is 5.89. The van der Waals surface area contributed by atoms with Crippen molar-refractivity contribution in [3.63, 3.8) is 0 Å². The number of rotatable bonds is 5. The first-order valence-corrected chi connectivity index (χ1v) is 7.87. The average molecular weight is 337 g/mol. The average Bonchev–Trinajstić information content (AvgIpc) is 3.31. The fourth-order valence-corrected chi connectivity index (χ4v) is 2.69. The van der Waals surface area contributed by atoms with Crippen LogP contribution in [0.25, 0.3) is 0 Å². The quantitative estimate of drug-likeness (QED) is 0.829. The molecule has 1 saturated heterocycles. The number of amides is 3. The van der Waals surface area contributed by atoms with Crippen LogP contribution in [0.5, 0.6) is 5.75 Å². The van der Waals surface area contributed by atoms with Crippen LogP contribution in [-0.2, 0) is 9.59 Å². The maximum atomic E-state index is 12.5. The molecule has 1 aliphatic carbocycles. The Balaban J connectivity index is 1.75. The molecule has 1 atom stereocenters. The third-order valence-electron chi connectivity index (χ3n) is 4.06. The number of ether oxygens (including phenoxy) is 1. The fraction of sp³-hybridized carbons (Fsp3) is 0.438. The van der Waals surface area contributed by atoms with E-state index in [0.717, 1.165) is 17.7 Å². The number of carbonyl (C=O) groups is 3. The highest BCUT2D eigenvalue weighted by Crippen LogP contribution is 2.32. The molecule has 0 radical (unpaired) electrons. The SMILES string of the molecule is CN1C(=O)CC(NC(=O)c2c(Cl)cccc2OCC2CC2)C1=O. The summed E-state index contributed by atoms with van der Waals surface area (Å²) in [4.78, 5) is 37.0. The monoisotopic (exact) mass is 336 g/mol. The van der Waals surface area contributed by atoms with E-state index in [1.807, 2.05) is 0 Å². The van der Waals surface area contributed by atoms with Crippen molar-refractivity contribution in [1.29, 1.82) is 0 Å². The number of nitrogens with one attached hydrogen (secondary N) is 1. The van der Waals surface area contributed by atoms with Crippen molar-refractivity contribution in [2.45, 2.75) is 25.3 Å². The molecular weight excluding hydrogens is 320 g/mol. The zero-order valence-electron chi connectivity index (χ0n) is 12.7. The summed E-state index contributed by atoms with van der Waals surface area (Å²) in [5.41, 5.74) is 0.199. The van der Waals surface area contributed by atoms with Crippen LogP contribution in [0, 0.1) is 5.92 Å². The Labute approximate surface area is 138 Å². The Morgan fingerprint density at radius 3 is 2.74 bits per heavy atom. The molecule has 1 aromatic rings. The molecule has 3 amide bonds. The summed E-state index contributed by atoms with van der Waals surface area (Å²) in [5, 5.41) is 2.83. The van der Waals surface area contributed by atoms with Gasteiger partial charge in [-0.25, -0.2) is 0 Å². The Morgan fingerprint density at radius 2 is 2.13 bits per heavy atom.